The third-order valence-corrected chi connectivity index (χ3v) is 5.01. The molecule has 1 aromatic heterocycles. The first-order valence-electron chi connectivity index (χ1n) is 9.26. The highest BCUT2D eigenvalue weighted by Gasteiger charge is 2.24. The van der Waals surface area contributed by atoms with Gasteiger partial charge >= 0.3 is 0 Å². The van der Waals surface area contributed by atoms with E-state index >= 15 is 0 Å². The van der Waals surface area contributed by atoms with Crippen molar-refractivity contribution < 1.29 is 4.79 Å². The molecule has 3 aromatic rings. The fourth-order valence-electron chi connectivity index (χ4n) is 3.35. The third kappa shape index (κ3) is 3.95. The SMILES string of the molecule is Cc1cccc(C(C)(C)CNC(=O)c2c(C)nn(-c3ccccc3)c2C)c1. The highest BCUT2D eigenvalue weighted by atomic mass is 16.1. The van der Waals surface area contributed by atoms with Crippen molar-refractivity contribution in [3.8, 4) is 5.69 Å². The van der Waals surface area contributed by atoms with Gasteiger partial charge < -0.3 is 5.32 Å². The Balaban J connectivity index is 1.80. The maximum atomic E-state index is 12.9. The highest BCUT2D eigenvalue weighted by Crippen LogP contribution is 2.24. The van der Waals surface area contributed by atoms with E-state index in [-0.39, 0.29) is 11.3 Å². The van der Waals surface area contributed by atoms with E-state index in [0.29, 0.717) is 12.1 Å². The molecule has 0 saturated heterocycles. The second-order valence-corrected chi connectivity index (χ2v) is 7.73. The molecule has 0 unspecified atom stereocenters. The Morgan fingerprint density at radius 1 is 1.04 bits per heavy atom. The van der Waals surface area contributed by atoms with Crippen molar-refractivity contribution in [2.45, 2.75) is 40.0 Å². The van der Waals surface area contributed by atoms with Gasteiger partial charge in [-0.15, -0.1) is 0 Å². The molecule has 0 spiro atoms. The lowest BCUT2D eigenvalue weighted by Crippen LogP contribution is -2.37. The molecule has 0 fully saturated rings. The Bertz CT molecular complexity index is 955. The molecule has 27 heavy (non-hydrogen) atoms. The zero-order chi connectivity index (χ0) is 19.6. The maximum absolute atomic E-state index is 12.9. The van der Waals surface area contributed by atoms with Crippen LogP contribution in [-0.2, 0) is 5.41 Å². The largest absolute Gasteiger partial charge is 0.351 e. The number of nitrogens with one attached hydrogen (secondary N) is 1. The van der Waals surface area contributed by atoms with Gasteiger partial charge in [-0.25, -0.2) is 4.68 Å². The minimum atomic E-state index is -0.154. The molecule has 4 nitrogen and oxygen atoms in total. The summed E-state index contributed by atoms with van der Waals surface area (Å²) in [6, 6.07) is 18.3. The molecule has 0 radical (unpaired) electrons. The van der Waals surface area contributed by atoms with Crippen LogP contribution in [0.1, 0.15) is 46.7 Å². The molecule has 1 heterocycles. The summed E-state index contributed by atoms with van der Waals surface area (Å²) in [4.78, 5) is 12.9. The summed E-state index contributed by atoms with van der Waals surface area (Å²) in [6.07, 6.45) is 0. The Morgan fingerprint density at radius 3 is 2.41 bits per heavy atom. The number of carbonyl (C=O) groups excluding carboxylic acids is 1. The summed E-state index contributed by atoms with van der Waals surface area (Å²) < 4.78 is 1.83. The number of hydrogen-bond donors (Lipinski definition) is 1. The monoisotopic (exact) mass is 361 g/mol. The van der Waals surface area contributed by atoms with Gasteiger partial charge in [0.25, 0.3) is 5.91 Å². The molecule has 0 aliphatic carbocycles. The number of para-hydroxylation sites is 1. The Hall–Kier alpha value is -2.88. The number of aryl methyl sites for hydroxylation is 2. The van der Waals surface area contributed by atoms with E-state index in [1.165, 1.54) is 11.1 Å². The third-order valence-electron chi connectivity index (χ3n) is 5.01. The molecule has 0 bridgehead atoms. The van der Waals surface area contributed by atoms with Crippen LogP contribution in [0, 0.1) is 20.8 Å². The van der Waals surface area contributed by atoms with Gasteiger partial charge in [0.1, 0.15) is 0 Å². The Labute approximate surface area is 161 Å². The van der Waals surface area contributed by atoms with Crippen molar-refractivity contribution >= 4 is 5.91 Å². The number of rotatable bonds is 5. The van der Waals surface area contributed by atoms with E-state index in [0.717, 1.165) is 17.1 Å². The van der Waals surface area contributed by atoms with Crippen molar-refractivity contribution in [2.75, 3.05) is 6.54 Å². The second kappa shape index (κ2) is 7.39. The first kappa shape index (κ1) is 18.9. The van der Waals surface area contributed by atoms with Crippen molar-refractivity contribution in [3.05, 3.63) is 82.7 Å². The van der Waals surface area contributed by atoms with Crippen LogP contribution in [0.4, 0.5) is 0 Å². The smallest absolute Gasteiger partial charge is 0.255 e. The molecule has 3 rings (SSSR count). The van der Waals surface area contributed by atoms with Crippen LogP contribution >= 0.6 is 0 Å². The van der Waals surface area contributed by atoms with Gasteiger partial charge in [0.15, 0.2) is 0 Å². The van der Waals surface area contributed by atoms with Crippen LogP contribution in [0.5, 0.6) is 0 Å². The zero-order valence-electron chi connectivity index (χ0n) is 16.7. The summed E-state index contributed by atoms with van der Waals surface area (Å²) in [6.45, 7) is 10.8. The molecule has 2 aromatic carbocycles. The first-order chi connectivity index (χ1) is 12.8. The van der Waals surface area contributed by atoms with Crippen LogP contribution in [0.25, 0.3) is 5.69 Å². The number of aromatic nitrogens is 2. The fourth-order valence-corrected chi connectivity index (χ4v) is 3.35. The summed E-state index contributed by atoms with van der Waals surface area (Å²) in [7, 11) is 0. The van der Waals surface area contributed by atoms with Crippen LogP contribution in [-0.4, -0.2) is 22.2 Å². The Kier molecular flexibility index (Phi) is 5.17. The molecular formula is C23H27N3O. The van der Waals surface area contributed by atoms with Crippen LogP contribution in [0.15, 0.2) is 54.6 Å². The van der Waals surface area contributed by atoms with E-state index in [1.54, 1.807) is 0 Å². The quantitative estimate of drug-likeness (QED) is 0.727. The van der Waals surface area contributed by atoms with Gasteiger partial charge in [0, 0.05) is 12.0 Å². The number of hydrogen-bond acceptors (Lipinski definition) is 2. The number of carbonyl (C=O) groups is 1. The molecule has 140 valence electrons. The minimum Gasteiger partial charge on any atom is -0.351 e. The standard InChI is InChI=1S/C23H27N3O/c1-16-10-9-11-19(14-16)23(4,5)15-24-22(27)21-17(2)25-26(18(21)3)20-12-7-6-8-13-20/h6-14H,15H2,1-5H3,(H,24,27). The van der Waals surface area contributed by atoms with E-state index < -0.39 is 0 Å². The van der Waals surface area contributed by atoms with Gasteiger partial charge in [0.05, 0.1) is 22.6 Å². The van der Waals surface area contributed by atoms with E-state index in [4.69, 9.17) is 0 Å². The van der Waals surface area contributed by atoms with Crippen molar-refractivity contribution in [2.24, 2.45) is 0 Å². The normalized spacial score (nSPS) is 11.4. The van der Waals surface area contributed by atoms with E-state index in [9.17, 15) is 4.79 Å². The second-order valence-electron chi connectivity index (χ2n) is 7.73. The van der Waals surface area contributed by atoms with Gasteiger partial charge in [0.2, 0.25) is 0 Å². The van der Waals surface area contributed by atoms with Crippen molar-refractivity contribution in [3.63, 3.8) is 0 Å². The number of benzene rings is 2. The van der Waals surface area contributed by atoms with Crippen LogP contribution in [0.3, 0.4) is 0 Å². The topological polar surface area (TPSA) is 46.9 Å². The predicted octanol–water partition coefficient (Wildman–Crippen LogP) is 4.51. The van der Waals surface area contributed by atoms with Gasteiger partial charge in [-0.05, 0) is 38.5 Å². The molecule has 0 saturated carbocycles. The van der Waals surface area contributed by atoms with Crippen LogP contribution in [0.2, 0.25) is 0 Å². The summed E-state index contributed by atoms with van der Waals surface area (Å²) in [5.74, 6) is -0.0760. The summed E-state index contributed by atoms with van der Waals surface area (Å²) in [5, 5.41) is 7.68. The van der Waals surface area contributed by atoms with E-state index in [1.807, 2.05) is 48.9 Å². The number of nitrogens with zero attached hydrogens (tertiary/aromatic N) is 2. The minimum absolute atomic E-state index is 0.0760. The lowest BCUT2D eigenvalue weighted by molar-refractivity contribution is 0.0944. The predicted molar refractivity (Wildman–Crippen MR) is 110 cm³/mol. The molecule has 1 amide bonds. The van der Waals surface area contributed by atoms with Gasteiger partial charge in [-0.3, -0.25) is 4.79 Å². The van der Waals surface area contributed by atoms with Crippen molar-refractivity contribution in [1.29, 1.82) is 0 Å². The maximum Gasteiger partial charge on any atom is 0.255 e. The zero-order valence-corrected chi connectivity index (χ0v) is 16.7. The average Bonchev–Trinajstić information content (AvgIpc) is 2.95. The van der Waals surface area contributed by atoms with Gasteiger partial charge in [-0.1, -0.05) is 61.9 Å². The molecule has 1 N–H and O–H groups in total. The highest BCUT2D eigenvalue weighted by molar-refractivity contribution is 5.96. The lowest BCUT2D eigenvalue weighted by Gasteiger charge is -2.26. The Morgan fingerprint density at radius 2 is 1.74 bits per heavy atom. The molecule has 0 aliphatic rings. The lowest BCUT2D eigenvalue weighted by atomic mass is 9.84. The van der Waals surface area contributed by atoms with Gasteiger partial charge in [-0.2, -0.15) is 5.10 Å². The average molecular weight is 361 g/mol. The van der Waals surface area contributed by atoms with Crippen molar-refractivity contribution in [1.82, 2.24) is 15.1 Å². The molecule has 0 atom stereocenters. The number of amides is 1. The fraction of sp³-hybridized carbons (Fsp3) is 0.304. The molecule has 4 heteroatoms. The summed E-state index contributed by atoms with van der Waals surface area (Å²) >= 11 is 0. The first-order valence-corrected chi connectivity index (χ1v) is 9.26. The molecular weight excluding hydrogens is 334 g/mol. The van der Waals surface area contributed by atoms with E-state index in [2.05, 4.69) is 55.5 Å². The van der Waals surface area contributed by atoms with Crippen LogP contribution < -0.4 is 5.32 Å². The summed E-state index contributed by atoms with van der Waals surface area (Å²) in [5.41, 5.74) is 5.49. The molecule has 0 aliphatic heterocycles.